The summed E-state index contributed by atoms with van der Waals surface area (Å²) in [5.41, 5.74) is 0.713. The van der Waals surface area contributed by atoms with Gasteiger partial charge >= 0.3 is 0 Å². The molecular weight excluding hydrogens is 314 g/mol. The third kappa shape index (κ3) is 5.48. The lowest BCUT2D eigenvalue weighted by atomic mass is 10.2. The first kappa shape index (κ1) is 18.2. The lowest BCUT2D eigenvalue weighted by Gasteiger charge is -2.15. The molecule has 1 N–H and O–H groups in total. The van der Waals surface area contributed by atoms with Crippen LogP contribution in [0.3, 0.4) is 0 Å². The SMILES string of the molecule is COCCCCNS(=O)(=O)c1ccc(OC2CCCC2)cc1C. The lowest BCUT2D eigenvalue weighted by molar-refractivity contribution is 0.193. The molecule has 0 spiro atoms. The van der Waals surface area contributed by atoms with Crippen LogP contribution in [0.15, 0.2) is 23.1 Å². The smallest absolute Gasteiger partial charge is 0.240 e. The molecule has 0 amide bonds. The van der Waals surface area contributed by atoms with E-state index in [4.69, 9.17) is 9.47 Å². The standard InChI is InChI=1S/C17H27NO4S/c1-14-13-16(22-15-7-3-4-8-15)9-10-17(14)23(19,20)18-11-5-6-12-21-2/h9-10,13,15,18H,3-8,11-12H2,1-2H3. The van der Waals surface area contributed by atoms with Crippen LogP contribution >= 0.6 is 0 Å². The summed E-state index contributed by atoms with van der Waals surface area (Å²) in [7, 11) is -1.83. The van der Waals surface area contributed by atoms with Gasteiger partial charge in [0.05, 0.1) is 11.0 Å². The molecule has 130 valence electrons. The van der Waals surface area contributed by atoms with Crippen LogP contribution in [0, 0.1) is 6.92 Å². The van der Waals surface area contributed by atoms with Gasteiger partial charge < -0.3 is 9.47 Å². The van der Waals surface area contributed by atoms with Crippen LogP contribution in [-0.2, 0) is 14.8 Å². The maximum Gasteiger partial charge on any atom is 0.240 e. The average molecular weight is 341 g/mol. The number of nitrogens with one attached hydrogen (secondary N) is 1. The van der Waals surface area contributed by atoms with Crippen LogP contribution in [0.4, 0.5) is 0 Å². The molecular formula is C17H27NO4S. The molecule has 2 rings (SSSR count). The second kappa shape index (κ2) is 8.66. The Hall–Kier alpha value is -1.11. The molecule has 6 heteroatoms. The molecule has 0 atom stereocenters. The number of hydrogen-bond acceptors (Lipinski definition) is 4. The zero-order valence-electron chi connectivity index (χ0n) is 14.0. The molecule has 1 aromatic carbocycles. The van der Waals surface area contributed by atoms with Crippen LogP contribution in [0.2, 0.25) is 0 Å². The molecule has 0 heterocycles. The highest BCUT2D eigenvalue weighted by molar-refractivity contribution is 7.89. The van der Waals surface area contributed by atoms with Crippen LogP contribution < -0.4 is 9.46 Å². The monoisotopic (exact) mass is 341 g/mol. The van der Waals surface area contributed by atoms with Gasteiger partial charge in [-0.2, -0.15) is 0 Å². The Balaban J connectivity index is 1.95. The zero-order valence-corrected chi connectivity index (χ0v) is 14.8. The number of hydrogen-bond donors (Lipinski definition) is 1. The Morgan fingerprint density at radius 1 is 1.22 bits per heavy atom. The molecule has 5 nitrogen and oxygen atoms in total. The van der Waals surface area contributed by atoms with Gasteiger partial charge in [0, 0.05) is 20.3 Å². The van der Waals surface area contributed by atoms with Crippen molar-refractivity contribution < 1.29 is 17.9 Å². The zero-order chi connectivity index (χ0) is 16.7. The third-order valence-electron chi connectivity index (χ3n) is 4.11. The predicted molar refractivity (Wildman–Crippen MR) is 90.4 cm³/mol. The van der Waals surface area contributed by atoms with Crippen molar-refractivity contribution in [3.05, 3.63) is 23.8 Å². The first-order valence-corrected chi connectivity index (χ1v) is 9.77. The van der Waals surface area contributed by atoms with E-state index in [-0.39, 0.29) is 6.10 Å². The highest BCUT2D eigenvalue weighted by atomic mass is 32.2. The molecule has 0 radical (unpaired) electrons. The molecule has 0 unspecified atom stereocenters. The number of rotatable bonds is 9. The molecule has 1 aliphatic rings. The molecule has 1 aromatic rings. The topological polar surface area (TPSA) is 64.6 Å². The summed E-state index contributed by atoms with van der Waals surface area (Å²) < 4.78 is 38.2. The van der Waals surface area contributed by atoms with Gasteiger partial charge in [-0.3, -0.25) is 0 Å². The molecule has 0 saturated heterocycles. The van der Waals surface area contributed by atoms with Crippen molar-refractivity contribution in [2.24, 2.45) is 0 Å². The largest absolute Gasteiger partial charge is 0.490 e. The van der Waals surface area contributed by atoms with Gasteiger partial charge in [-0.1, -0.05) is 0 Å². The Bertz CT molecular complexity index is 595. The van der Waals surface area contributed by atoms with E-state index < -0.39 is 10.0 Å². The van der Waals surface area contributed by atoms with E-state index in [1.165, 1.54) is 12.8 Å². The summed E-state index contributed by atoms with van der Waals surface area (Å²) in [4.78, 5) is 0.322. The summed E-state index contributed by atoms with van der Waals surface area (Å²) in [5, 5.41) is 0. The molecule has 0 aliphatic heterocycles. The third-order valence-corrected chi connectivity index (χ3v) is 5.73. The Morgan fingerprint density at radius 2 is 1.96 bits per heavy atom. The fraction of sp³-hybridized carbons (Fsp3) is 0.647. The predicted octanol–water partition coefficient (Wildman–Crippen LogP) is 3.02. The molecule has 1 fully saturated rings. The highest BCUT2D eigenvalue weighted by Crippen LogP contribution is 2.26. The number of benzene rings is 1. The van der Waals surface area contributed by atoms with E-state index in [9.17, 15) is 8.42 Å². The Labute approximate surface area is 139 Å². The molecule has 23 heavy (non-hydrogen) atoms. The van der Waals surface area contributed by atoms with Gasteiger partial charge in [0.2, 0.25) is 10.0 Å². The van der Waals surface area contributed by atoms with Gasteiger partial charge in [0.15, 0.2) is 0 Å². The van der Waals surface area contributed by atoms with E-state index in [1.54, 1.807) is 26.2 Å². The number of ether oxygens (including phenoxy) is 2. The van der Waals surface area contributed by atoms with Gasteiger partial charge in [-0.05, 0) is 69.2 Å². The molecule has 0 bridgehead atoms. The van der Waals surface area contributed by atoms with E-state index in [0.29, 0.717) is 23.6 Å². The van der Waals surface area contributed by atoms with Gasteiger partial charge in [-0.25, -0.2) is 13.1 Å². The van der Waals surface area contributed by atoms with Gasteiger partial charge in [0.25, 0.3) is 0 Å². The Morgan fingerprint density at radius 3 is 2.61 bits per heavy atom. The minimum Gasteiger partial charge on any atom is -0.490 e. The van der Waals surface area contributed by atoms with Gasteiger partial charge in [0.1, 0.15) is 5.75 Å². The van der Waals surface area contributed by atoms with Gasteiger partial charge in [-0.15, -0.1) is 0 Å². The maximum atomic E-state index is 12.4. The van der Waals surface area contributed by atoms with Crippen molar-refractivity contribution in [1.29, 1.82) is 0 Å². The van der Waals surface area contributed by atoms with Crippen molar-refractivity contribution in [2.45, 2.75) is 56.4 Å². The second-order valence-corrected chi connectivity index (χ2v) is 7.78. The van der Waals surface area contributed by atoms with Crippen molar-refractivity contribution >= 4 is 10.0 Å². The van der Waals surface area contributed by atoms with E-state index in [1.807, 2.05) is 6.07 Å². The average Bonchev–Trinajstić information content (AvgIpc) is 2.99. The highest BCUT2D eigenvalue weighted by Gasteiger charge is 2.19. The number of methoxy groups -OCH3 is 1. The fourth-order valence-electron chi connectivity index (χ4n) is 2.85. The molecule has 1 saturated carbocycles. The maximum absolute atomic E-state index is 12.4. The van der Waals surface area contributed by atoms with Crippen LogP contribution in [0.1, 0.15) is 44.1 Å². The minimum atomic E-state index is -3.47. The number of unbranched alkanes of at least 4 members (excludes halogenated alkanes) is 1. The molecule has 1 aliphatic carbocycles. The van der Waals surface area contributed by atoms with Crippen molar-refractivity contribution in [2.75, 3.05) is 20.3 Å². The second-order valence-electron chi connectivity index (χ2n) is 6.05. The van der Waals surface area contributed by atoms with Crippen molar-refractivity contribution in [3.63, 3.8) is 0 Å². The van der Waals surface area contributed by atoms with E-state index >= 15 is 0 Å². The summed E-state index contributed by atoms with van der Waals surface area (Å²) in [6.07, 6.45) is 6.47. The summed E-state index contributed by atoms with van der Waals surface area (Å²) in [6.45, 7) is 2.88. The van der Waals surface area contributed by atoms with Crippen LogP contribution in [-0.4, -0.2) is 34.8 Å². The fourth-order valence-corrected chi connectivity index (χ4v) is 4.15. The minimum absolute atomic E-state index is 0.274. The summed E-state index contributed by atoms with van der Waals surface area (Å²) in [6, 6.07) is 5.21. The van der Waals surface area contributed by atoms with Crippen molar-refractivity contribution in [1.82, 2.24) is 4.72 Å². The summed E-state index contributed by atoms with van der Waals surface area (Å²) in [5.74, 6) is 0.758. The van der Waals surface area contributed by atoms with E-state index in [0.717, 1.165) is 31.4 Å². The number of sulfonamides is 1. The molecule has 0 aromatic heterocycles. The number of aryl methyl sites for hydroxylation is 1. The van der Waals surface area contributed by atoms with Crippen LogP contribution in [0.5, 0.6) is 5.75 Å². The van der Waals surface area contributed by atoms with E-state index in [2.05, 4.69) is 4.72 Å². The lowest BCUT2D eigenvalue weighted by Crippen LogP contribution is -2.25. The summed E-state index contributed by atoms with van der Waals surface area (Å²) >= 11 is 0. The van der Waals surface area contributed by atoms with Crippen molar-refractivity contribution in [3.8, 4) is 5.75 Å². The first-order chi connectivity index (χ1) is 11.0. The normalized spacial score (nSPS) is 15.9. The quantitative estimate of drug-likeness (QED) is 0.701. The first-order valence-electron chi connectivity index (χ1n) is 8.29. The van der Waals surface area contributed by atoms with Crippen LogP contribution in [0.25, 0.3) is 0 Å². The Kier molecular flexibility index (Phi) is 6.87.